The lowest BCUT2D eigenvalue weighted by atomic mass is 10.0. The second kappa shape index (κ2) is 8.62. The van der Waals surface area contributed by atoms with Crippen molar-refractivity contribution in [2.45, 2.75) is 32.7 Å². The molecule has 0 aliphatic heterocycles. The Labute approximate surface area is 152 Å². The largest absolute Gasteiger partial charge is 0.354 e. The van der Waals surface area contributed by atoms with Crippen LogP contribution in [0.25, 0.3) is 0 Å². The van der Waals surface area contributed by atoms with Crippen LogP contribution in [0.1, 0.15) is 34.8 Å². The van der Waals surface area contributed by atoms with E-state index in [4.69, 9.17) is 0 Å². The molecule has 26 heavy (non-hydrogen) atoms. The van der Waals surface area contributed by atoms with Gasteiger partial charge < -0.3 is 15.2 Å². The van der Waals surface area contributed by atoms with Crippen LogP contribution >= 0.6 is 0 Å². The SMILES string of the molecule is Cc1ccc(C(CNC(=O)CCc2c(C)[nH]c(=O)[nH]c2=O)N(C)C)cc1. The van der Waals surface area contributed by atoms with E-state index < -0.39 is 11.2 Å². The molecule has 1 aromatic carbocycles. The molecule has 3 N–H and O–H groups in total. The highest BCUT2D eigenvalue weighted by atomic mass is 16.2. The minimum absolute atomic E-state index is 0.0674. The highest BCUT2D eigenvalue weighted by molar-refractivity contribution is 5.76. The molecule has 1 unspecified atom stereocenters. The number of benzene rings is 1. The van der Waals surface area contributed by atoms with Crippen LogP contribution in [0.4, 0.5) is 0 Å². The molecule has 0 saturated carbocycles. The summed E-state index contributed by atoms with van der Waals surface area (Å²) in [6.07, 6.45) is 0.463. The van der Waals surface area contributed by atoms with Gasteiger partial charge in [0.2, 0.25) is 5.91 Å². The number of hydrogen-bond donors (Lipinski definition) is 3. The van der Waals surface area contributed by atoms with Crippen molar-refractivity contribution in [1.82, 2.24) is 20.2 Å². The van der Waals surface area contributed by atoms with Crippen molar-refractivity contribution < 1.29 is 4.79 Å². The van der Waals surface area contributed by atoms with E-state index in [0.29, 0.717) is 17.8 Å². The molecule has 7 heteroatoms. The summed E-state index contributed by atoms with van der Waals surface area (Å²) in [5.74, 6) is -0.131. The topological polar surface area (TPSA) is 98.1 Å². The van der Waals surface area contributed by atoms with Gasteiger partial charge in [0.1, 0.15) is 0 Å². The van der Waals surface area contributed by atoms with Gasteiger partial charge in [-0.1, -0.05) is 29.8 Å². The standard InChI is InChI=1S/C19H26N4O3/c1-12-5-7-14(8-6-12)16(23(3)4)11-20-17(24)10-9-15-13(2)21-19(26)22-18(15)25/h5-8,16H,9-11H2,1-4H3,(H,20,24)(H2,21,22,25,26). The number of rotatable bonds is 7. The van der Waals surface area contributed by atoms with E-state index in [2.05, 4.69) is 44.5 Å². The lowest BCUT2D eigenvalue weighted by Crippen LogP contribution is -2.35. The number of carbonyl (C=O) groups excluding carboxylic acids is 1. The van der Waals surface area contributed by atoms with Gasteiger partial charge in [0.25, 0.3) is 5.56 Å². The zero-order chi connectivity index (χ0) is 19.3. The molecule has 1 aromatic heterocycles. The first kappa shape index (κ1) is 19.7. The summed E-state index contributed by atoms with van der Waals surface area (Å²) in [6, 6.07) is 8.31. The number of amides is 1. The number of aryl methyl sites for hydroxylation is 2. The predicted molar refractivity (Wildman–Crippen MR) is 101 cm³/mol. The zero-order valence-corrected chi connectivity index (χ0v) is 15.7. The molecule has 0 bridgehead atoms. The minimum atomic E-state index is -0.535. The summed E-state index contributed by atoms with van der Waals surface area (Å²) in [6.45, 7) is 4.18. The molecular formula is C19H26N4O3. The molecular weight excluding hydrogens is 332 g/mol. The first-order chi connectivity index (χ1) is 12.3. The number of H-pyrrole nitrogens is 2. The quantitative estimate of drug-likeness (QED) is 0.688. The van der Waals surface area contributed by atoms with Crippen LogP contribution in [0, 0.1) is 13.8 Å². The molecule has 1 heterocycles. The lowest BCUT2D eigenvalue weighted by Gasteiger charge is -2.25. The molecule has 2 aromatic rings. The van der Waals surface area contributed by atoms with Gasteiger partial charge >= 0.3 is 5.69 Å². The molecule has 2 rings (SSSR count). The monoisotopic (exact) mass is 358 g/mol. The fourth-order valence-electron chi connectivity index (χ4n) is 2.85. The van der Waals surface area contributed by atoms with Crippen LogP contribution in [0.15, 0.2) is 33.9 Å². The normalized spacial score (nSPS) is 12.2. The second-order valence-corrected chi connectivity index (χ2v) is 6.71. The third kappa shape index (κ3) is 5.16. The Balaban J connectivity index is 1.96. The van der Waals surface area contributed by atoms with E-state index in [1.807, 2.05) is 21.0 Å². The van der Waals surface area contributed by atoms with Gasteiger partial charge in [-0.2, -0.15) is 0 Å². The Bertz CT molecular complexity index is 866. The van der Waals surface area contributed by atoms with Gasteiger partial charge in [0.05, 0.1) is 6.04 Å². The Morgan fingerprint density at radius 3 is 2.35 bits per heavy atom. The van der Waals surface area contributed by atoms with Crippen molar-refractivity contribution in [3.8, 4) is 0 Å². The van der Waals surface area contributed by atoms with Crippen LogP contribution in [0.5, 0.6) is 0 Å². The molecule has 0 spiro atoms. The molecule has 0 aliphatic carbocycles. The van der Waals surface area contributed by atoms with Crippen LogP contribution < -0.4 is 16.6 Å². The number of carbonyl (C=O) groups is 1. The first-order valence-electron chi connectivity index (χ1n) is 8.59. The van der Waals surface area contributed by atoms with Crippen molar-refractivity contribution in [2.75, 3.05) is 20.6 Å². The first-order valence-corrected chi connectivity index (χ1v) is 8.59. The molecule has 1 atom stereocenters. The molecule has 0 radical (unpaired) electrons. The number of nitrogens with one attached hydrogen (secondary N) is 3. The highest BCUT2D eigenvalue weighted by Gasteiger charge is 2.16. The smallest absolute Gasteiger partial charge is 0.325 e. The number of aromatic amines is 2. The van der Waals surface area contributed by atoms with Crippen LogP contribution in [-0.2, 0) is 11.2 Å². The third-order valence-corrected chi connectivity index (χ3v) is 4.43. The highest BCUT2D eigenvalue weighted by Crippen LogP contribution is 2.18. The van der Waals surface area contributed by atoms with Crippen LogP contribution in [-0.4, -0.2) is 41.4 Å². The van der Waals surface area contributed by atoms with Gasteiger partial charge in [-0.05, 0) is 39.9 Å². The van der Waals surface area contributed by atoms with E-state index in [1.165, 1.54) is 5.56 Å². The minimum Gasteiger partial charge on any atom is -0.354 e. The van der Waals surface area contributed by atoms with Crippen molar-refractivity contribution in [2.24, 2.45) is 0 Å². The fourth-order valence-corrected chi connectivity index (χ4v) is 2.85. The van der Waals surface area contributed by atoms with Gasteiger partial charge in [-0.3, -0.25) is 14.6 Å². The number of hydrogen-bond acceptors (Lipinski definition) is 4. The predicted octanol–water partition coefficient (Wildman–Crippen LogP) is 1.03. The summed E-state index contributed by atoms with van der Waals surface area (Å²) < 4.78 is 0. The summed E-state index contributed by atoms with van der Waals surface area (Å²) in [4.78, 5) is 42.0. The average Bonchev–Trinajstić information content (AvgIpc) is 2.55. The van der Waals surface area contributed by atoms with E-state index >= 15 is 0 Å². The van der Waals surface area contributed by atoms with E-state index in [0.717, 1.165) is 5.56 Å². The van der Waals surface area contributed by atoms with Crippen LogP contribution in [0.3, 0.4) is 0 Å². The van der Waals surface area contributed by atoms with E-state index in [9.17, 15) is 14.4 Å². The molecule has 7 nitrogen and oxygen atoms in total. The number of nitrogens with zero attached hydrogens (tertiary/aromatic N) is 1. The van der Waals surface area contributed by atoms with Crippen LogP contribution in [0.2, 0.25) is 0 Å². The maximum atomic E-state index is 12.2. The zero-order valence-electron chi connectivity index (χ0n) is 15.7. The number of aromatic nitrogens is 2. The third-order valence-electron chi connectivity index (χ3n) is 4.43. The van der Waals surface area contributed by atoms with Crippen molar-refractivity contribution in [1.29, 1.82) is 0 Å². The summed E-state index contributed by atoms with van der Waals surface area (Å²) in [5.41, 5.74) is 2.28. The molecule has 0 aliphatic rings. The van der Waals surface area contributed by atoms with Crippen molar-refractivity contribution >= 4 is 5.91 Å². The Kier molecular flexibility index (Phi) is 6.52. The summed E-state index contributed by atoms with van der Waals surface area (Å²) >= 11 is 0. The maximum Gasteiger partial charge on any atom is 0.325 e. The van der Waals surface area contributed by atoms with Gasteiger partial charge in [0.15, 0.2) is 0 Å². The second-order valence-electron chi connectivity index (χ2n) is 6.71. The average molecular weight is 358 g/mol. The lowest BCUT2D eigenvalue weighted by molar-refractivity contribution is -0.121. The summed E-state index contributed by atoms with van der Waals surface area (Å²) in [5, 5.41) is 2.93. The molecule has 0 saturated heterocycles. The van der Waals surface area contributed by atoms with E-state index in [-0.39, 0.29) is 24.8 Å². The summed E-state index contributed by atoms with van der Waals surface area (Å²) in [7, 11) is 3.94. The number of likely N-dealkylation sites (N-methyl/N-ethyl adjacent to an activating group) is 1. The maximum absolute atomic E-state index is 12.2. The van der Waals surface area contributed by atoms with Crippen molar-refractivity contribution in [3.05, 3.63) is 67.5 Å². The molecule has 1 amide bonds. The van der Waals surface area contributed by atoms with Gasteiger partial charge in [0, 0.05) is 24.2 Å². The fraction of sp³-hybridized carbons (Fsp3) is 0.421. The van der Waals surface area contributed by atoms with Gasteiger partial charge in [-0.25, -0.2) is 4.79 Å². The molecule has 140 valence electrons. The van der Waals surface area contributed by atoms with E-state index in [1.54, 1.807) is 6.92 Å². The Morgan fingerprint density at radius 1 is 1.12 bits per heavy atom. The van der Waals surface area contributed by atoms with Crippen molar-refractivity contribution in [3.63, 3.8) is 0 Å². The van der Waals surface area contributed by atoms with Gasteiger partial charge in [-0.15, -0.1) is 0 Å². The Morgan fingerprint density at radius 2 is 1.77 bits per heavy atom. The Hall–Kier alpha value is -2.67. The molecule has 0 fully saturated rings.